The second-order valence-electron chi connectivity index (χ2n) is 6.59. The number of morpholine rings is 1. The zero-order chi connectivity index (χ0) is 14.3. The summed E-state index contributed by atoms with van der Waals surface area (Å²) in [6.07, 6.45) is 1.31. The second-order valence-corrected chi connectivity index (χ2v) is 6.59. The van der Waals surface area contributed by atoms with E-state index in [1.807, 2.05) is 18.3 Å². The predicted molar refractivity (Wildman–Crippen MR) is 76.3 cm³/mol. The molecule has 1 aliphatic rings. The van der Waals surface area contributed by atoms with Gasteiger partial charge in [-0.1, -0.05) is 0 Å². The number of anilines is 1. The van der Waals surface area contributed by atoms with Crippen LogP contribution < -0.4 is 4.90 Å². The first kappa shape index (κ1) is 14.3. The predicted octanol–water partition coefficient (Wildman–Crippen LogP) is 2.53. The highest BCUT2D eigenvalue weighted by atomic mass is 16.5. The number of aliphatic hydroxyl groups excluding tert-OH is 1. The Morgan fingerprint density at radius 1 is 1.21 bits per heavy atom. The van der Waals surface area contributed by atoms with E-state index in [4.69, 9.17) is 4.74 Å². The topological polar surface area (TPSA) is 45.6 Å². The van der Waals surface area contributed by atoms with Crippen LogP contribution in [0.1, 0.15) is 46.4 Å². The Morgan fingerprint density at radius 3 is 2.21 bits per heavy atom. The van der Waals surface area contributed by atoms with Gasteiger partial charge in [0.15, 0.2) is 0 Å². The molecule has 1 saturated heterocycles. The zero-order valence-corrected chi connectivity index (χ0v) is 12.5. The van der Waals surface area contributed by atoms with Gasteiger partial charge < -0.3 is 14.7 Å². The maximum atomic E-state index is 9.50. The Balaban J connectivity index is 2.21. The molecule has 1 fully saturated rings. The number of nitrogens with zero attached hydrogens (tertiary/aromatic N) is 2. The summed E-state index contributed by atoms with van der Waals surface area (Å²) in [4.78, 5) is 6.61. The summed E-state index contributed by atoms with van der Waals surface area (Å²) in [6.45, 7) is 11.8. The van der Waals surface area contributed by atoms with Crippen molar-refractivity contribution >= 4 is 5.69 Å². The van der Waals surface area contributed by atoms with Crippen LogP contribution in [0.15, 0.2) is 18.3 Å². The summed E-state index contributed by atoms with van der Waals surface area (Å²) in [6, 6.07) is 3.90. The molecule has 0 radical (unpaired) electrons. The summed E-state index contributed by atoms with van der Waals surface area (Å²) in [7, 11) is 0. The van der Waals surface area contributed by atoms with E-state index in [1.165, 1.54) is 0 Å². The van der Waals surface area contributed by atoms with Crippen molar-refractivity contribution in [2.45, 2.75) is 51.9 Å². The molecule has 0 saturated carbocycles. The van der Waals surface area contributed by atoms with Crippen LogP contribution in [-0.4, -0.2) is 34.4 Å². The fourth-order valence-electron chi connectivity index (χ4n) is 2.80. The van der Waals surface area contributed by atoms with Crippen LogP contribution >= 0.6 is 0 Å². The highest BCUT2D eigenvalue weighted by molar-refractivity contribution is 5.46. The Bertz CT molecular complexity index is 422. The molecule has 0 aliphatic carbocycles. The fourth-order valence-corrected chi connectivity index (χ4v) is 2.80. The molecule has 2 rings (SSSR count). The molecule has 1 unspecified atom stereocenters. The minimum Gasteiger partial charge on any atom is -0.387 e. The molecule has 0 bridgehead atoms. The van der Waals surface area contributed by atoms with Crippen molar-refractivity contribution in [2.75, 3.05) is 18.0 Å². The lowest BCUT2D eigenvalue weighted by molar-refractivity contribution is -0.133. The molecule has 1 N–H and O–H groups in total. The Hall–Kier alpha value is -1.13. The van der Waals surface area contributed by atoms with Crippen LogP contribution in [0.5, 0.6) is 0 Å². The number of aliphatic hydroxyl groups is 1. The first-order chi connectivity index (χ1) is 8.69. The Morgan fingerprint density at radius 2 is 1.79 bits per heavy atom. The van der Waals surface area contributed by atoms with Crippen molar-refractivity contribution in [1.82, 2.24) is 4.98 Å². The number of hydrogen-bond donors (Lipinski definition) is 1. The molecular weight excluding hydrogens is 240 g/mol. The molecule has 106 valence electrons. The quantitative estimate of drug-likeness (QED) is 0.891. The minimum absolute atomic E-state index is 0.176. The molecule has 19 heavy (non-hydrogen) atoms. The average Bonchev–Trinajstić information content (AvgIpc) is 2.25. The van der Waals surface area contributed by atoms with E-state index < -0.39 is 6.10 Å². The van der Waals surface area contributed by atoms with Gasteiger partial charge in [0, 0.05) is 13.1 Å². The lowest BCUT2D eigenvalue weighted by Gasteiger charge is -2.48. The zero-order valence-electron chi connectivity index (χ0n) is 12.5. The Labute approximate surface area is 115 Å². The molecule has 1 atom stereocenters. The van der Waals surface area contributed by atoms with Gasteiger partial charge in [0.2, 0.25) is 0 Å². The lowest BCUT2D eigenvalue weighted by Crippen LogP contribution is -2.57. The standard InChI is InChI=1S/C15H24N2O2/c1-11(18)13-7-6-12(8-16-13)17-9-14(2,3)19-15(4,5)10-17/h6-8,11,18H,9-10H2,1-5H3. The third kappa shape index (κ3) is 3.45. The summed E-state index contributed by atoms with van der Waals surface area (Å²) in [5.41, 5.74) is 1.43. The summed E-state index contributed by atoms with van der Waals surface area (Å²) < 4.78 is 6.07. The van der Waals surface area contributed by atoms with Gasteiger partial charge in [-0.25, -0.2) is 0 Å². The van der Waals surface area contributed by atoms with Crippen LogP contribution in [0.4, 0.5) is 5.69 Å². The number of hydrogen-bond acceptors (Lipinski definition) is 4. The van der Waals surface area contributed by atoms with Crippen molar-refractivity contribution in [2.24, 2.45) is 0 Å². The summed E-state index contributed by atoms with van der Waals surface area (Å²) >= 11 is 0. The van der Waals surface area contributed by atoms with Gasteiger partial charge in [-0.05, 0) is 46.8 Å². The van der Waals surface area contributed by atoms with Crippen LogP contribution in [0, 0.1) is 0 Å². The van der Waals surface area contributed by atoms with Crippen LogP contribution in [-0.2, 0) is 4.74 Å². The molecular formula is C15H24N2O2. The number of rotatable bonds is 2. The van der Waals surface area contributed by atoms with E-state index >= 15 is 0 Å². The molecule has 1 aromatic rings. The van der Waals surface area contributed by atoms with Gasteiger partial charge in [-0.3, -0.25) is 4.98 Å². The van der Waals surface area contributed by atoms with Gasteiger partial charge in [-0.15, -0.1) is 0 Å². The normalized spacial score (nSPS) is 23.2. The highest BCUT2D eigenvalue weighted by Crippen LogP contribution is 2.31. The number of aromatic nitrogens is 1. The summed E-state index contributed by atoms with van der Waals surface area (Å²) in [5.74, 6) is 0. The van der Waals surface area contributed by atoms with Crippen molar-refractivity contribution in [3.05, 3.63) is 24.0 Å². The van der Waals surface area contributed by atoms with Gasteiger partial charge in [0.05, 0.1) is 34.9 Å². The second kappa shape index (κ2) is 4.76. The van der Waals surface area contributed by atoms with Crippen LogP contribution in [0.25, 0.3) is 0 Å². The molecule has 2 heterocycles. The first-order valence-electron chi connectivity index (χ1n) is 6.78. The molecule has 1 aliphatic heterocycles. The van der Waals surface area contributed by atoms with Gasteiger partial charge in [0.25, 0.3) is 0 Å². The van der Waals surface area contributed by atoms with E-state index in [0.717, 1.165) is 18.8 Å². The minimum atomic E-state index is -0.522. The smallest absolute Gasteiger partial charge is 0.0931 e. The number of ether oxygens (including phenoxy) is 1. The van der Waals surface area contributed by atoms with Crippen molar-refractivity contribution in [3.63, 3.8) is 0 Å². The average molecular weight is 264 g/mol. The highest BCUT2D eigenvalue weighted by Gasteiger charge is 2.38. The molecule has 4 heteroatoms. The maximum Gasteiger partial charge on any atom is 0.0931 e. The van der Waals surface area contributed by atoms with Gasteiger partial charge >= 0.3 is 0 Å². The van der Waals surface area contributed by atoms with E-state index in [0.29, 0.717) is 5.69 Å². The van der Waals surface area contributed by atoms with Crippen molar-refractivity contribution < 1.29 is 9.84 Å². The maximum absolute atomic E-state index is 9.50. The van der Waals surface area contributed by atoms with E-state index in [-0.39, 0.29) is 11.2 Å². The number of pyridine rings is 1. The lowest BCUT2D eigenvalue weighted by atomic mass is 9.98. The van der Waals surface area contributed by atoms with Crippen molar-refractivity contribution in [3.8, 4) is 0 Å². The molecule has 0 aromatic carbocycles. The Kier molecular flexibility index (Phi) is 3.58. The molecule has 1 aromatic heterocycles. The molecule has 0 spiro atoms. The van der Waals surface area contributed by atoms with Gasteiger partial charge in [0.1, 0.15) is 0 Å². The monoisotopic (exact) mass is 264 g/mol. The molecule has 0 amide bonds. The SMILES string of the molecule is CC(O)c1ccc(N2CC(C)(C)OC(C)(C)C2)cn1. The summed E-state index contributed by atoms with van der Waals surface area (Å²) in [5, 5.41) is 9.50. The van der Waals surface area contributed by atoms with E-state index in [1.54, 1.807) is 6.92 Å². The van der Waals surface area contributed by atoms with Crippen LogP contribution in [0.2, 0.25) is 0 Å². The van der Waals surface area contributed by atoms with Crippen LogP contribution in [0.3, 0.4) is 0 Å². The van der Waals surface area contributed by atoms with E-state index in [9.17, 15) is 5.11 Å². The fraction of sp³-hybridized carbons (Fsp3) is 0.667. The largest absolute Gasteiger partial charge is 0.387 e. The third-order valence-electron chi connectivity index (χ3n) is 3.26. The third-order valence-corrected chi connectivity index (χ3v) is 3.26. The van der Waals surface area contributed by atoms with Crippen molar-refractivity contribution in [1.29, 1.82) is 0 Å². The first-order valence-corrected chi connectivity index (χ1v) is 6.78. The van der Waals surface area contributed by atoms with Gasteiger partial charge in [-0.2, -0.15) is 0 Å². The molecule has 4 nitrogen and oxygen atoms in total. The van der Waals surface area contributed by atoms with E-state index in [2.05, 4.69) is 37.6 Å².